The van der Waals surface area contributed by atoms with Crippen molar-refractivity contribution in [3.05, 3.63) is 0 Å². The third-order valence-electron chi connectivity index (χ3n) is 1.86. The van der Waals surface area contributed by atoms with Crippen LogP contribution in [0.15, 0.2) is 0 Å². The number of hydrogen-bond donors (Lipinski definition) is 1. The lowest BCUT2D eigenvalue weighted by molar-refractivity contribution is 0.116. The molecule has 0 bridgehead atoms. The number of ether oxygens (including phenoxy) is 2. The molecule has 1 N–H and O–H groups in total. The first-order valence-electron chi connectivity index (χ1n) is 3.44. The van der Waals surface area contributed by atoms with Crippen molar-refractivity contribution in [2.24, 2.45) is 0 Å². The number of rotatable bonds is 0. The van der Waals surface area contributed by atoms with Crippen LogP contribution in [0.25, 0.3) is 0 Å². The highest BCUT2D eigenvalue weighted by atomic mass is 16.8. The molecule has 2 unspecified atom stereocenters. The van der Waals surface area contributed by atoms with Crippen LogP contribution in [0.2, 0.25) is 0 Å². The Morgan fingerprint density at radius 2 is 2.20 bits per heavy atom. The summed E-state index contributed by atoms with van der Waals surface area (Å²) in [5, 5.41) is 3.12. The Morgan fingerprint density at radius 1 is 1.40 bits per heavy atom. The van der Waals surface area contributed by atoms with E-state index in [-0.39, 0.29) is 12.2 Å². The average Bonchev–Trinajstić information content (AvgIpc) is 2.27. The smallest absolute Gasteiger partial charge is 0.427 e. The molecule has 4 heteroatoms. The molecule has 2 aliphatic rings. The van der Waals surface area contributed by atoms with E-state index in [4.69, 9.17) is 9.47 Å². The Hall–Kier alpha value is -0.770. The summed E-state index contributed by atoms with van der Waals surface area (Å²) >= 11 is 0. The zero-order chi connectivity index (χ0) is 6.97. The van der Waals surface area contributed by atoms with Gasteiger partial charge >= 0.3 is 6.16 Å². The summed E-state index contributed by atoms with van der Waals surface area (Å²) in [6.07, 6.45) is 0.324. The van der Waals surface area contributed by atoms with Crippen LogP contribution >= 0.6 is 0 Å². The van der Waals surface area contributed by atoms with E-state index in [9.17, 15) is 4.79 Å². The van der Waals surface area contributed by atoms with Gasteiger partial charge in [0.25, 0.3) is 0 Å². The van der Waals surface area contributed by atoms with Gasteiger partial charge in [0.15, 0.2) is 6.10 Å². The first-order valence-corrected chi connectivity index (χ1v) is 3.44. The minimum Gasteiger partial charge on any atom is -0.427 e. The molecular weight excluding hydrogens is 134 g/mol. The summed E-state index contributed by atoms with van der Waals surface area (Å²) in [5.74, 6) is 0. The van der Waals surface area contributed by atoms with Gasteiger partial charge in [0.2, 0.25) is 0 Å². The van der Waals surface area contributed by atoms with Gasteiger partial charge in [0.1, 0.15) is 6.10 Å². The largest absolute Gasteiger partial charge is 0.509 e. The maximum Gasteiger partial charge on any atom is 0.509 e. The summed E-state index contributed by atoms with van der Waals surface area (Å²) in [6, 6.07) is 0. The number of nitrogens with one attached hydrogen (secondary N) is 1. The van der Waals surface area contributed by atoms with Gasteiger partial charge in [0.05, 0.1) is 0 Å². The maximum atomic E-state index is 10.5. The molecule has 0 aromatic heterocycles. The zero-order valence-electron chi connectivity index (χ0n) is 5.50. The van der Waals surface area contributed by atoms with Crippen molar-refractivity contribution < 1.29 is 14.3 Å². The van der Waals surface area contributed by atoms with Crippen LogP contribution in [0.3, 0.4) is 0 Å². The Balaban J connectivity index is 2.04. The molecule has 0 aromatic rings. The second-order valence-corrected chi connectivity index (χ2v) is 2.56. The van der Waals surface area contributed by atoms with Crippen molar-refractivity contribution in [1.82, 2.24) is 5.32 Å². The Morgan fingerprint density at radius 3 is 3.00 bits per heavy atom. The highest BCUT2D eigenvalue weighted by Crippen LogP contribution is 2.19. The lowest BCUT2D eigenvalue weighted by atomic mass is 10.1. The Kier molecular flexibility index (Phi) is 1.27. The van der Waals surface area contributed by atoms with Crippen LogP contribution in [-0.2, 0) is 9.47 Å². The number of hydrogen-bond acceptors (Lipinski definition) is 4. The summed E-state index contributed by atoms with van der Waals surface area (Å²) in [6.45, 7) is 1.65. The quantitative estimate of drug-likeness (QED) is 0.480. The van der Waals surface area contributed by atoms with Crippen molar-refractivity contribution in [3.8, 4) is 0 Å². The summed E-state index contributed by atoms with van der Waals surface area (Å²) in [4.78, 5) is 10.5. The van der Waals surface area contributed by atoms with Gasteiger partial charge in [-0.05, 0) is 6.54 Å². The molecule has 2 saturated heterocycles. The fraction of sp³-hybridized carbons (Fsp3) is 0.833. The normalized spacial score (nSPS) is 38.2. The fourth-order valence-corrected chi connectivity index (χ4v) is 1.33. The number of piperidine rings is 1. The molecule has 2 atom stereocenters. The van der Waals surface area contributed by atoms with Crippen LogP contribution in [0.1, 0.15) is 6.42 Å². The highest BCUT2D eigenvalue weighted by Gasteiger charge is 2.37. The molecule has 2 fully saturated rings. The van der Waals surface area contributed by atoms with E-state index < -0.39 is 6.16 Å². The van der Waals surface area contributed by atoms with Crippen LogP contribution < -0.4 is 5.32 Å². The summed E-state index contributed by atoms with van der Waals surface area (Å²) in [7, 11) is 0. The van der Waals surface area contributed by atoms with Crippen molar-refractivity contribution >= 4 is 6.16 Å². The molecule has 0 radical (unpaired) electrons. The van der Waals surface area contributed by atoms with Crippen LogP contribution in [-0.4, -0.2) is 31.5 Å². The van der Waals surface area contributed by atoms with Crippen molar-refractivity contribution in [3.63, 3.8) is 0 Å². The molecular formula is C6H9NO3. The van der Waals surface area contributed by atoms with Crippen molar-refractivity contribution in [2.45, 2.75) is 18.6 Å². The van der Waals surface area contributed by atoms with E-state index in [1.165, 1.54) is 0 Å². The first kappa shape index (κ1) is 5.97. The van der Waals surface area contributed by atoms with E-state index in [2.05, 4.69) is 5.32 Å². The second kappa shape index (κ2) is 2.12. The molecule has 0 amide bonds. The molecule has 0 spiro atoms. The number of carbonyl (C=O) groups excluding carboxylic acids is 1. The van der Waals surface area contributed by atoms with Crippen LogP contribution in [0, 0.1) is 0 Å². The van der Waals surface area contributed by atoms with E-state index in [1.54, 1.807) is 0 Å². The standard InChI is InChI=1S/C6H9NO3/c8-6-9-4-1-2-7-3-5(4)10-6/h4-5,7H,1-3H2. The predicted molar refractivity (Wildman–Crippen MR) is 32.6 cm³/mol. The van der Waals surface area contributed by atoms with Gasteiger partial charge in [0, 0.05) is 13.0 Å². The zero-order valence-corrected chi connectivity index (χ0v) is 5.50. The number of carbonyl (C=O) groups is 1. The highest BCUT2D eigenvalue weighted by molar-refractivity contribution is 5.62. The SMILES string of the molecule is O=C1OC2CCNCC2O1. The third kappa shape index (κ3) is 0.844. The van der Waals surface area contributed by atoms with Gasteiger partial charge in [-0.1, -0.05) is 0 Å². The van der Waals surface area contributed by atoms with Gasteiger partial charge in [-0.2, -0.15) is 0 Å². The van der Waals surface area contributed by atoms with E-state index in [0.29, 0.717) is 0 Å². The topological polar surface area (TPSA) is 47.6 Å². The van der Waals surface area contributed by atoms with Crippen LogP contribution in [0.5, 0.6) is 0 Å². The van der Waals surface area contributed by atoms with Gasteiger partial charge in [-0.3, -0.25) is 0 Å². The average molecular weight is 143 g/mol. The Labute approximate surface area is 58.5 Å². The van der Waals surface area contributed by atoms with E-state index in [1.807, 2.05) is 0 Å². The molecule has 0 aliphatic carbocycles. The molecule has 56 valence electrons. The van der Waals surface area contributed by atoms with Gasteiger partial charge < -0.3 is 14.8 Å². The van der Waals surface area contributed by atoms with Gasteiger partial charge in [-0.25, -0.2) is 4.79 Å². The maximum absolute atomic E-state index is 10.5. The first-order chi connectivity index (χ1) is 4.86. The molecule has 2 rings (SSSR count). The van der Waals surface area contributed by atoms with Gasteiger partial charge in [-0.15, -0.1) is 0 Å². The minimum absolute atomic E-state index is 0.00810. The third-order valence-corrected chi connectivity index (χ3v) is 1.86. The molecule has 4 nitrogen and oxygen atoms in total. The fourth-order valence-electron chi connectivity index (χ4n) is 1.33. The van der Waals surface area contributed by atoms with Crippen molar-refractivity contribution in [1.29, 1.82) is 0 Å². The minimum atomic E-state index is -0.515. The molecule has 2 heterocycles. The second-order valence-electron chi connectivity index (χ2n) is 2.56. The molecule has 10 heavy (non-hydrogen) atoms. The lowest BCUT2D eigenvalue weighted by Gasteiger charge is -2.20. The van der Waals surface area contributed by atoms with Crippen LogP contribution in [0.4, 0.5) is 4.79 Å². The van der Waals surface area contributed by atoms with Crippen molar-refractivity contribution in [2.75, 3.05) is 13.1 Å². The number of fused-ring (bicyclic) bond motifs is 1. The molecule has 0 saturated carbocycles. The molecule has 0 aromatic carbocycles. The monoisotopic (exact) mass is 143 g/mol. The van der Waals surface area contributed by atoms with E-state index >= 15 is 0 Å². The summed E-state index contributed by atoms with van der Waals surface area (Å²) in [5.41, 5.74) is 0. The van der Waals surface area contributed by atoms with E-state index in [0.717, 1.165) is 19.5 Å². The predicted octanol–water partition coefficient (Wildman–Crippen LogP) is -0.116. The lowest BCUT2D eigenvalue weighted by Crippen LogP contribution is -2.41. The Bertz CT molecular complexity index is 143. The molecule has 2 aliphatic heterocycles. The summed E-state index contributed by atoms with van der Waals surface area (Å²) < 4.78 is 9.71.